The van der Waals surface area contributed by atoms with Crippen molar-refractivity contribution in [3.63, 3.8) is 0 Å². The molecule has 2 aliphatic heterocycles. The molecule has 1 amide bonds. The average molecular weight is 274 g/mol. The minimum Gasteiger partial charge on any atom is -0.459 e. The molecule has 0 N–H and O–H groups in total. The fraction of sp³-hybridized carbons (Fsp3) is 0.308. The number of aromatic nitrogens is 1. The van der Waals surface area contributed by atoms with Gasteiger partial charge < -0.3 is 9.64 Å². The molecule has 2 atom stereocenters. The van der Waals surface area contributed by atoms with E-state index < -0.39 is 6.04 Å². The van der Waals surface area contributed by atoms with Gasteiger partial charge in [0.2, 0.25) is 0 Å². The predicted molar refractivity (Wildman–Crippen MR) is 68.9 cm³/mol. The van der Waals surface area contributed by atoms with E-state index in [1.807, 2.05) is 24.3 Å². The van der Waals surface area contributed by atoms with Crippen LogP contribution in [0.15, 0.2) is 24.3 Å². The van der Waals surface area contributed by atoms with Crippen LogP contribution in [0, 0.1) is 0 Å². The largest absolute Gasteiger partial charge is 0.459 e. The van der Waals surface area contributed by atoms with Gasteiger partial charge in [-0.1, -0.05) is 12.1 Å². The van der Waals surface area contributed by atoms with E-state index in [0.717, 1.165) is 10.2 Å². The molecule has 6 heteroatoms. The monoisotopic (exact) mass is 274 g/mol. The van der Waals surface area contributed by atoms with Gasteiger partial charge in [-0.3, -0.25) is 4.79 Å². The van der Waals surface area contributed by atoms with E-state index in [1.165, 1.54) is 11.3 Å². The lowest BCUT2D eigenvalue weighted by Gasteiger charge is -2.24. The molecular formula is C13H10N2O3S. The molecule has 0 radical (unpaired) electrons. The fourth-order valence-electron chi connectivity index (χ4n) is 2.66. The van der Waals surface area contributed by atoms with Gasteiger partial charge >= 0.3 is 5.97 Å². The summed E-state index contributed by atoms with van der Waals surface area (Å²) in [6, 6.07) is 7.22. The van der Waals surface area contributed by atoms with Crippen molar-refractivity contribution in [1.82, 2.24) is 9.88 Å². The average Bonchev–Trinajstić information content (AvgIpc) is 3.09. The Bertz CT molecular complexity index is 663. The van der Waals surface area contributed by atoms with Gasteiger partial charge in [0.05, 0.1) is 16.8 Å². The van der Waals surface area contributed by atoms with E-state index in [0.29, 0.717) is 18.0 Å². The Morgan fingerprint density at radius 2 is 2.26 bits per heavy atom. The first kappa shape index (κ1) is 10.9. The first-order valence-corrected chi connectivity index (χ1v) is 6.91. The summed E-state index contributed by atoms with van der Waals surface area (Å²) >= 11 is 1.37. The second kappa shape index (κ2) is 3.77. The van der Waals surface area contributed by atoms with Crippen molar-refractivity contribution in [3.05, 3.63) is 29.3 Å². The predicted octanol–water partition coefficient (Wildman–Crippen LogP) is 1.44. The third-order valence-corrected chi connectivity index (χ3v) is 4.58. The summed E-state index contributed by atoms with van der Waals surface area (Å²) in [7, 11) is 0. The number of benzene rings is 1. The smallest absolute Gasteiger partial charge is 0.329 e. The molecule has 4 rings (SSSR count). The molecule has 2 aromatic rings. The number of nitrogens with zero attached hydrogens (tertiary/aromatic N) is 2. The second-order valence-electron chi connectivity index (χ2n) is 4.75. The Morgan fingerprint density at radius 1 is 1.42 bits per heavy atom. The summed E-state index contributed by atoms with van der Waals surface area (Å²) in [5.41, 5.74) is 0.822. The van der Waals surface area contributed by atoms with Gasteiger partial charge in [-0.2, -0.15) is 0 Å². The van der Waals surface area contributed by atoms with Gasteiger partial charge in [-0.05, 0) is 12.1 Å². The van der Waals surface area contributed by atoms with Crippen LogP contribution in [0.4, 0.5) is 0 Å². The number of ether oxygens (including phenoxy) is 1. The van der Waals surface area contributed by atoms with Crippen LogP contribution in [0.2, 0.25) is 0 Å². The van der Waals surface area contributed by atoms with Gasteiger partial charge in [0.15, 0.2) is 5.01 Å². The van der Waals surface area contributed by atoms with Gasteiger partial charge in [0, 0.05) is 6.42 Å². The van der Waals surface area contributed by atoms with Crippen molar-refractivity contribution in [2.75, 3.05) is 6.54 Å². The molecule has 3 heterocycles. The van der Waals surface area contributed by atoms with Crippen molar-refractivity contribution in [3.8, 4) is 0 Å². The number of esters is 1. The van der Waals surface area contributed by atoms with Crippen molar-refractivity contribution in [1.29, 1.82) is 0 Å². The first-order valence-electron chi connectivity index (χ1n) is 6.09. The van der Waals surface area contributed by atoms with Gasteiger partial charge in [-0.15, -0.1) is 11.3 Å². The molecule has 2 bridgehead atoms. The molecule has 2 saturated heterocycles. The van der Waals surface area contributed by atoms with Crippen LogP contribution >= 0.6 is 11.3 Å². The lowest BCUT2D eigenvalue weighted by Crippen LogP contribution is -2.44. The molecule has 2 fully saturated rings. The van der Waals surface area contributed by atoms with Crippen LogP contribution in [-0.2, 0) is 9.53 Å². The summed E-state index contributed by atoms with van der Waals surface area (Å²) in [5.74, 6) is -0.448. The van der Waals surface area contributed by atoms with Gasteiger partial charge in [0.25, 0.3) is 5.91 Å². The number of thiazole rings is 1. The van der Waals surface area contributed by atoms with Crippen molar-refractivity contribution < 1.29 is 14.3 Å². The highest BCUT2D eigenvalue weighted by molar-refractivity contribution is 7.20. The normalized spacial score (nSPS) is 25.1. The molecular weight excluding hydrogens is 264 g/mol. The Hall–Kier alpha value is -1.95. The molecule has 1 aromatic heterocycles. The standard InChI is InChI=1S/C13H10N2O3S/c16-12(15-6-7-5-9(15)13(17)18-7)11-14-8-3-1-2-4-10(8)19-11/h1-4,7,9H,5-6H2/t7-,9+/m1/s1. The molecule has 0 saturated carbocycles. The van der Waals surface area contributed by atoms with Gasteiger partial charge in [-0.25, -0.2) is 9.78 Å². The SMILES string of the molecule is O=C1O[C@@H]2C[C@@H]1N(C(=O)c1nc3ccccc3s1)C2. The summed E-state index contributed by atoms with van der Waals surface area (Å²) in [4.78, 5) is 29.9. The molecule has 0 spiro atoms. The van der Waals surface area contributed by atoms with Crippen molar-refractivity contribution in [2.45, 2.75) is 18.6 Å². The highest BCUT2D eigenvalue weighted by Gasteiger charge is 2.49. The van der Waals surface area contributed by atoms with E-state index in [2.05, 4.69) is 4.98 Å². The Morgan fingerprint density at radius 3 is 3.00 bits per heavy atom. The number of carbonyl (C=O) groups excluding carboxylic acids is 2. The zero-order valence-corrected chi connectivity index (χ0v) is 10.7. The summed E-state index contributed by atoms with van der Waals surface area (Å²) in [6.07, 6.45) is 0.492. The Kier molecular flexibility index (Phi) is 2.17. The number of hydrogen-bond acceptors (Lipinski definition) is 5. The van der Waals surface area contributed by atoms with E-state index in [1.54, 1.807) is 4.90 Å². The molecule has 2 aliphatic rings. The number of para-hydroxylation sites is 1. The van der Waals surface area contributed by atoms with E-state index in [9.17, 15) is 9.59 Å². The molecule has 1 aromatic carbocycles. The summed E-state index contributed by atoms with van der Waals surface area (Å²) in [6.45, 7) is 0.491. The maximum absolute atomic E-state index is 12.4. The van der Waals surface area contributed by atoms with E-state index in [4.69, 9.17) is 4.74 Å². The number of morpholine rings is 1. The highest BCUT2D eigenvalue weighted by atomic mass is 32.1. The van der Waals surface area contributed by atoms with Crippen LogP contribution in [0.1, 0.15) is 16.2 Å². The lowest BCUT2D eigenvalue weighted by molar-refractivity contribution is -0.149. The summed E-state index contributed by atoms with van der Waals surface area (Å²) in [5, 5.41) is 0.446. The van der Waals surface area contributed by atoms with Crippen LogP contribution < -0.4 is 0 Å². The Labute approximate surface area is 112 Å². The van der Waals surface area contributed by atoms with Crippen LogP contribution in [-0.4, -0.2) is 40.5 Å². The van der Waals surface area contributed by atoms with E-state index in [-0.39, 0.29) is 18.0 Å². The number of amides is 1. The van der Waals surface area contributed by atoms with E-state index >= 15 is 0 Å². The molecule has 19 heavy (non-hydrogen) atoms. The van der Waals surface area contributed by atoms with Gasteiger partial charge in [0.1, 0.15) is 12.1 Å². The zero-order valence-electron chi connectivity index (χ0n) is 9.91. The van der Waals surface area contributed by atoms with Crippen LogP contribution in [0.3, 0.4) is 0 Å². The Balaban J connectivity index is 1.69. The number of likely N-dealkylation sites (tertiary alicyclic amines) is 1. The van der Waals surface area contributed by atoms with Crippen LogP contribution in [0.5, 0.6) is 0 Å². The topological polar surface area (TPSA) is 59.5 Å². The third kappa shape index (κ3) is 1.56. The number of carbonyl (C=O) groups is 2. The van der Waals surface area contributed by atoms with Crippen molar-refractivity contribution in [2.24, 2.45) is 0 Å². The molecule has 96 valence electrons. The van der Waals surface area contributed by atoms with Crippen LogP contribution in [0.25, 0.3) is 10.2 Å². The number of hydrogen-bond donors (Lipinski definition) is 0. The maximum Gasteiger partial charge on any atom is 0.329 e. The third-order valence-electron chi connectivity index (χ3n) is 3.56. The number of rotatable bonds is 1. The highest BCUT2D eigenvalue weighted by Crippen LogP contribution is 2.31. The lowest BCUT2D eigenvalue weighted by atomic mass is 10.2. The zero-order chi connectivity index (χ0) is 13.0. The second-order valence-corrected chi connectivity index (χ2v) is 5.79. The molecule has 0 aliphatic carbocycles. The maximum atomic E-state index is 12.4. The first-order chi connectivity index (χ1) is 9.22. The minimum atomic E-state index is -0.412. The van der Waals surface area contributed by atoms with Crippen molar-refractivity contribution >= 4 is 33.4 Å². The fourth-order valence-corrected chi connectivity index (χ4v) is 3.58. The number of fused-ring (bicyclic) bond motifs is 3. The minimum absolute atomic E-state index is 0.129. The summed E-state index contributed by atoms with van der Waals surface area (Å²) < 4.78 is 6.07. The quantitative estimate of drug-likeness (QED) is 0.738. The molecule has 5 nitrogen and oxygen atoms in total. The molecule has 0 unspecified atom stereocenters.